The number of hydrogen-bond donors (Lipinski definition) is 3. The molecule has 0 fully saturated rings. The van der Waals surface area contributed by atoms with E-state index in [1.807, 2.05) is 60.7 Å². The van der Waals surface area contributed by atoms with Gasteiger partial charge in [0.25, 0.3) is 0 Å². The van der Waals surface area contributed by atoms with Crippen LogP contribution >= 0.6 is 0 Å². The highest BCUT2D eigenvalue weighted by Crippen LogP contribution is 2.32. The first-order valence-electron chi connectivity index (χ1n) is 11.0. The highest BCUT2D eigenvalue weighted by Gasteiger charge is 2.32. The van der Waals surface area contributed by atoms with Gasteiger partial charge in [0.05, 0.1) is 11.3 Å². The summed E-state index contributed by atoms with van der Waals surface area (Å²) < 4.78 is 20.1. The summed E-state index contributed by atoms with van der Waals surface area (Å²) in [5.41, 5.74) is 3.11. The molecule has 1 aromatic heterocycles. The van der Waals surface area contributed by atoms with Gasteiger partial charge in [-0.05, 0) is 43.2 Å². The van der Waals surface area contributed by atoms with E-state index in [1.54, 1.807) is 19.9 Å². The molecular formula is C27H24FN3O4. The quantitative estimate of drug-likeness (QED) is 0.329. The van der Waals surface area contributed by atoms with E-state index in [-0.39, 0.29) is 5.69 Å². The summed E-state index contributed by atoms with van der Waals surface area (Å²) in [5.74, 6) is -1.31. The fourth-order valence-corrected chi connectivity index (χ4v) is 4.21. The second kappa shape index (κ2) is 10.2. The number of benzene rings is 3. The van der Waals surface area contributed by atoms with Crippen molar-refractivity contribution in [2.24, 2.45) is 0 Å². The second-order valence-electron chi connectivity index (χ2n) is 8.11. The first kappa shape index (κ1) is 23.7. The zero-order valence-corrected chi connectivity index (χ0v) is 19.2. The van der Waals surface area contributed by atoms with Gasteiger partial charge in [0.2, 0.25) is 5.91 Å². The summed E-state index contributed by atoms with van der Waals surface area (Å²) in [6, 6.07) is 21.4. The Labute approximate surface area is 201 Å². The van der Waals surface area contributed by atoms with Gasteiger partial charge in [-0.2, -0.15) is 0 Å². The normalized spacial score (nSPS) is 11.8. The van der Waals surface area contributed by atoms with Gasteiger partial charge in [0, 0.05) is 17.2 Å². The van der Waals surface area contributed by atoms with Crippen LogP contribution in [-0.2, 0) is 4.79 Å². The molecule has 0 spiro atoms. The molecule has 2 amide bonds. The summed E-state index contributed by atoms with van der Waals surface area (Å²) in [6.45, 7) is 3.41. The van der Waals surface area contributed by atoms with Crippen molar-refractivity contribution in [3.05, 3.63) is 107 Å². The van der Waals surface area contributed by atoms with Crippen LogP contribution in [0, 0.1) is 19.7 Å². The van der Waals surface area contributed by atoms with Crippen molar-refractivity contribution in [2.75, 3.05) is 5.32 Å². The van der Waals surface area contributed by atoms with Gasteiger partial charge in [-0.3, -0.25) is 4.79 Å². The lowest BCUT2D eigenvalue weighted by atomic mass is 9.84. The molecule has 0 saturated heterocycles. The average molecular weight is 474 g/mol. The molecule has 8 heteroatoms. The number of anilines is 1. The van der Waals surface area contributed by atoms with Crippen LogP contribution in [-0.4, -0.2) is 28.3 Å². The van der Waals surface area contributed by atoms with Crippen molar-refractivity contribution in [1.82, 2.24) is 10.5 Å². The SMILES string of the molecule is Cc1noc(C)c1-c1ccc(NC(=O)[C@@H](NC(=O)O)C(c2ccccc2)c2ccccc2)cc1F. The minimum Gasteiger partial charge on any atom is -0.465 e. The van der Waals surface area contributed by atoms with Crippen LogP contribution in [0.1, 0.15) is 28.5 Å². The number of aryl methyl sites for hydroxylation is 2. The Bertz CT molecular complexity index is 1280. The zero-order valence-electron chi connectivity index (χ0n) is 19.2. The van der Waals surface area contributed by atoms with E-state index in [2.05, 4.69) is 15.8 Å². The predicted molar refractivity (Wildman–Crippen MR) is 130 cm³/mol. The molecule has 0 radical (unpaired) electrons. The molecule has 3 N–H and O–H groups in total. The topological polar surface area (TPSA) is 104 Å². The van der Waals surface area contributed by atoms with E-state index in [4.69, 9.17) is 4.52 Å². The molecule has 35 heavy (non-hydrogen) atoms. The predicted octanol–water partition coefficient (Wildman–Crippen LogP) is 5.50. The summed E-state index contributed by atoms with van der Waals surface area (Å²) in [4.78, 5) is 25.0. The van der Waals surface area contributed by atoms with Crippen molar-refractivity contribution in [1.29, 1.82) is 0 Å². The second-order valence-corrected chi connectivity index (χ2v) is 8.11. The fraction of sp³-hybridized carbons (Fsp3) is 0.148. The lowest BCUT2D eigenvalue weighted by Gasteiger charge is -2.27. The number of rotatable bonds is 7. The molecule has 0 aliphatic heterocycles. The monoisotopic (exact) mass is 473 g/mol. The third-order valence-electron chi connectivity index (χ3n) is 5.75. The Balaban J connectivity index is 1.67. The zero-order chi connectivity index (χ0) is 24.9. The Kier molecular flexibility index (Phi) is 6.91. The van der Waals surface area contributed by atoms with Crippen LogP contribution in [0.2, 0.25) is 0 Å². The number of carbonyl (C=O) groups excluding carboxylic acids is 1. The average Bonchev–Trinajstić information content (AvgIpc) is 3.17. The first-order chi connectivity index (χ1) is 16.8. The number of amides is 2. The van der Waals surface area contributed by atoms with E-state index < -0.39 is 29.8 Å². The lowest BCUT2D eigenvalue weighted by molar-refractivity contribution is -0.118. The Morgan fingerprint density at radius 3 is 2.03 bits per heavy atom. The van der Waals surface area contributed by atoms with Gasteiger partial charge in [-0.25, -0.2) is 9.18 Å². The van der Waals surface area contributed by atoms with Gasteiger partial charge >= 0.3 is 6.09 Å². The van der Waals surface area contributed by atoms with Crippen LogP contribution in [0.15, 0.2) is 83.4 Å². The number of hydrogen-bond acceptors (Lipinski definition) is 4. The van der Waals surface area contributed by atoms with E-state index in [9.17, 15) is 19.1 Å². The van der Waals surface area contributed by atoms with Gasteiger partial charge in [0.1, 0.15) is 17.6 Å². The third-order valence-corrected chi connectivity index (χ3v) is 5.75. The van der Waals surface area contributed by atoms with Crippen LogP contribution < -0.4 is 10.6 Å². The summed E-state index contributed by atoms with van der Waals surface area (Å²) >= 11 is 0. The molecule has 0 unspecified atom stereocenters. The van der Waals surface area contributed by atoms with Crippen LogP contribution in [0.3, 0.4) is 0 Å². The minimum atomic E-state index is -1.35. The highest BCUT2D eigenvalue weighted by molar-refractivity contribution is 5.97. The lowest BCUT2D eigenvalue weighted by Crippen LogP contribution is -2.47. The number of nitrogens with one attached hydrogen (secondary N) is 2. The number of halogens is 1. The Hall–Kier alpha value is -4.46. The van der Waals surface area contributed by atoms with Gasteiger partial charge in [-0.1, -0.05) is 65.8 Å². The van der Waals surface area contributed by atoms with E-state index in [1.165, 1.54) is 12.1 Å². The maximum absolute atomic E-state index is 15.0. The first-order valence-corrected chi connectivity index (χ1v) is 11.0. The van der Waals surface area contributed by atoms with Crippen molar-refractivity contribution in [2.45, 2.75) is 25.8 Å². The van der Waals surface area contributed by atoms with Crippen molar-refractivity contribution in [3.8, 4) is 11.1 Å². The summed E-state index contributed by atoms with van der Waals surface area (Å²) in [7, 11) is 0. The molecular weight excluding hydrogens is 449 g/mol. The third kappa shape index (κ3) is 5.22. The molecule has 7 nitrogen and oxygen atoms in total. The maximum Gasteiger partial charge on any atom is 0.405 e. The van der Waals surface area contributed by atoms with Crippen LogP contribution in [0.4, 0.5) is 14.9 Å². The minimum absolute atomic E-state index is 0.195. The number of carbonyl (C=O) groups is 2. The van der Waals surface area contributed by atoms with Gasteiger partial charge < -0.3 is 20.3 Å². The van der Waals surface area contributed by atoms with Crippen molar-refractivity contribution in [3.63, 3.8) is 0 Å². The van der Waals surface area contributed by atoms with E-state index >= 15 is 0 Å². The molecule has 0 saturated carbocycles. The Morgan fingerprint density at radius 1 is 0.943 bits per heavy atom. The van der Waals surface area contributed by atoms with Crippen molar-refractivity contribution >= 4 is 17.7 Å². The molecule has 0 bridgehead atoms. The summed E-state index contributed by atoms with van der Waals surface area (Å²) in [5, 5.41) is 18.4. The van der Waals surface area contributed by atoms with Crippen molar-refractivity contribution < 1.29 is 23.6 Å². The molecule has 0 aliphatic carbocycles. The maximum atomic E-state index is 15.0. The smallest absolute Gasteiger partial charge is 0.405 e. The molecule has 178 valence electrons. The highest BCUT2D eigenvalue weighted by atomic mass is 19.1. The molecule has 4 rings (SSSR count). The summed E-state index contributed by atoms with van der Waals surface area (Å²) in [6.07, 6.45) is -1.35. The van der Waals surface area contributed by atoms with E-state index in [0.29, 0.717) is 22.6 Å². The Morgan fingerprint density at radius 2 is 1.54 bits per heavy atom. The molecule has 4 aromatic rings. The number of nitrogens with zero attached hydrogens (tertiary/aromatic N) is 1. The molecule has 0 aliphatic rings. The largest absolute Gasteiger partial charge is 0.465 e. The molecule has 3 aromatic carbocycles. The fourth-order valence-electron chi connectivity index (χ4n) is 4.21. The van der Waals surface area contributed by atoms with E-state index in [0.717, 1.165) is 11.1 Å². The van der Waals surface area contributed by atoms with Crippen LogP contribution in [0.25, 0.3) is 11.1 Å². The standard InChI is InChI=1S/C27H24FN3O4/c1-16-23(17(2)35-31-16)21-14-13-20(15-22(21)28)29-26(32)25(30-27(33)34)24(18-9-5-3-6-10-18)19-11-7-4-8-12-19/h3-15,24-25,30H,1-2H3,(H,29,32)(H,33,34)/t25-/m0/s1. The van der Waals surface area contributed by atoms with Gasteiger partial charge in [-0.15, -0.1) is 0 Å². The molecule has 1 heterocycles. The van der Waals surface area contributed by atoms with Crippen LogP contribution in [0.5, 0.6) is 0 Å². The number of aromatic nitrogens is 1. The number of carboxylic acid groups (broad SMARTS) is 1. The van der Waals surface area contributed by atoms with Gasteiger partial charge in [0.15, 0.2) is 0 Å². The molecule has 1 atom stereocenters.